The van der Waals surface area contributed by atoms with Crippen molar-refractivity contribution in [3.63, 3.8) is 0 Å². The number of benzene rings is 1. The van der Waals surface area contributed by atoms with Crippen LogP contribution in [-0.2, 0) is 10.0 Å². The summed E-state index contributed by atoms with van der Waals surface area (Å²) < 4.78 is 32.2. The maximum Gasteiger partial charge on any atom is 0.340 e. The van der Waals surface area contributed by atoms with Gasteiger partial charge in [0.15, 0.2) is 0 Å². The summed E-state index contributed by atoms with van der Waals surface area (Å²) in [6.45, 7) is 2.78. The van der Waals surface area contributed by atoms with Gasteiger partial charge in [0, 0.05) is 0 Å². The zero-order chi connectivity index (χ0) is 15.8. The van der Waals surface area contributed by atoms with Crippen LogP contribution in [0.4, 0.5) is 5.69 Å². The monoisotopic (exact) mass is 329 g/mol. The second-order valence-corrected chi connectivity index (χ2v) is 6.34. The Morgan fingerprint density at radius 3 is 2.43 bits per heavy atom. The number of nitrogens with one attached hydrogen (secondary N) is 1. The minimum absolute atomic E-state index is 0.00412. The molecule has 0 amide bonds. The van der Waals surface area contributed by atoms with Gasteiger partial charge in [-0.2, -0.15) is 0 Å². The van der Waals surface area contributed by atoms with Gasteiger partial charge in [-0.15, -0.1) is 0 Å². The predicted octanol–water partition coefficient (Wildman–Crippen LogP) is 3.05. The normalized spacial score (nSPS) is 11.4. The molecule has 0 saturated carbocycles. The standard InChI is InChI=1S/C13H12ClNO5S/c1-7-11(13(16)17)12(8(2)20-7)21(18,19)15-10-6-4-3-5-9(10)14/h3-6,15H,1-2H3,(H,16,17). The molecule has 8 heteroatoms. The average Bonchev–Trinajstić information content (AvgIpc) is 2.67. The molecule has 2 N–H and O–H groups in total. The van der Waals surface area contributed by atoms with Gasteiger partial charge in [0.1, 0.15) is 22.0 Å². The van der Waals surface area contributed by atoms with Crippen molar-refractivity contribution in [3.05, 3.63) is 46.4 Å². The lowest BCUT2D eigenvalue weighted by molar-refractivity contribution is 0.0691. The van der Waals surface area contributed by atoms with E-state index in [2.05, 4.69) is 4.72 Å². The molecule has 2 aromatic rings. The van der Waals surface area contributed by atoms with Crippen LogP contribution in [-0.4, -0.2) is 19.5 Å². The van der Waals surface area contributed by atoms with Crippen molar-refractivity contribution in [2.75, 3.05) is 4.72 Å². The number of carbonyl (C=O) groups is 1. The number of aryl methyl sites for hydroxylation is 2. The molecule has 0 fully saturated rings. The SMILES string of the molecule is Cc1oc(C)c(S(=O)(=O)Nc2ccccc2Cl)c1C(=O)O. The van der Waals surface area contributed by atoms with E-state index in [-0.39, 0.29) is 27.8 Å². The summed E-state index contributed by atoms with van der Waals surface area (Å²) in [7, 11) is -4.13. The molecule has 0 aliphatic heterocycles. The fraction of sp³-hybridized carbons (Fsp3) is 0.154. The summed E-state index contributed by atoms with van der Waals surface area (Å²) in [4.78, 5) is 10.8. The fourth-order valence-electron chi connectivity index (χ4n) is 1.97. The van der Waals surface area contributed by atoms with Crippen LogP contribution in [0.5, 0.6) is 0 Å². The van der Waals surface area contributed by atoms with Crippen LogP contribution in [0.2, 0.25) is 5.02 Å². The third-order valence-corrected chi connectivity index (χ3v) is 4.65. The Morgan fingerprint density at radius 1 is 1.24 bits per heavy atom. The Morgan fingerprint density at radius 2 is 1.86 bits per heavy atom. The van der Waals surface area contributed by atoms with E-state index in [0.29, 0.717) is 0 Å². The number of anilines is 1. The van der Waals surface area contributed by atoms with Gasteiger partial charge in [-0.1, -0.05) is 23.7 Å². The smallest absolute Gasteiger partial charge is 0.340 e. The van der Waals surface area contributed by atoms with Crippen molar-refractivity contribution in [3.8, 4) is 0 Å². The Labute approximate surface area is 126 Å². The number of furan rings is 1. The van der Waals surface area contributed by atoms with Crippen LogP contribution in [0.25, 0.3) is 0 Å². The number of hydrogen-bond acceptors (Lipinski definition) is 4. The number of carboxylic acids is 1. The number of rotatable bonds is 4. The molecule has 1 heterocycles. The first kappa shape index (κ1) is 15.4. The maximum atomic E-state index is 12.4. The summed E-state index contributed by atoms with van der Waals surface area (Å²) >= 11 is 5.90. The molecule has 0 saturated heterocycles. The number of hydrogen-bond donors (Lipinski definition) is 2. The summed E-state index contributed by atoms with van der Waals surface area (Å²) in [5.41, 5.74) is -0.221. The van der Waals surface area contributed by atoms with E-state index in [1.807, 2.05) is 0 Å². The van der Waals surface area contributed by atoms with E-state index in [1.54, 1.807) is 12.1 Å². The summed E-state index contributed by atoms with van der Waals surface area (Å²) in [6.07, 6.45) is 0. The number of para-hydroxylation sites is 1. The molecule has 1 aromatic heterocycles. The predicted molar refractivity (Wildman–Crippen MR) is 77.4 cm³/mol. The molecule has 0 aliphatic carbocycles. The number of halogens is 1. The van der Waals surface area contributed by atoms with Crippen molar-refractivity contribution in [1.29, 1.82) is 0 Å². The molecule has 2 rings (SSSR count). The zero-order valence-corrected chi connectivity index (χ0v) is 12.7. The minimum Gasteiger partial charge on any atom is -0.478 e. The van der Waals surface area contributed by atoms with Crippen LogP contribution in [0, 0.1) is 13.8 Å². The van der Waals surface area contributed by atoms with Gasteiger partial charge in [-0.3, -0.25) is 4.72 Å². The lowest BCUT2D eigenvalue weighted by Gasteiger charge is -2.09. The van der Waals surface area contributed by atoms with Gasteiger partial charge < -0.3 is 9.52 Å². The Kier molecular flexibility index (Phi) is 3.97. The van der Waals surface area contributed by atoms with E-state index >= 15 is 0 Å². The molecule has 0 radical (unpaired) electrons. The van der Waals surface area contributed by atoms with E-state index in [0.717, 1.165) is 0 Å². The topological polar surface area (TPSA) is 96.6 Å². The highest BCUT2D eigenvalue weighted by atomic mass is 35.5. The van der Waals surface area contributed by atoms with E-state index in [4.69, 9.17) is 21.1 Å². The first-order chi connectivity index (χ1) is 9.74. The van der Waals surface area contributed by atoms with Gasteiger partial charge in [-0.05, 0) is 26.0 Å². The molecule has 21 heavy (non-hydrogen) atoms. The average molecular weight is 330 g/mol. The van der Waals surface area contributed by atoms with Gasteiger partial charge in [0.25, 0.3) is 10.0 Å². The molecule has 6 nitrogen and oxygen atoms in total. The molecule has 0 atom stereocenters. The zero-order valence-electron chi connectivity index (χ0n) is 11.2. The fourth-order valence-corrected chi connectivity index (χ4v) is 3.70. The highest BCUT2D eigenvalue weighted by molar-refractivity contribution is 7.92. The number of carboxylic acid groups (broad SMARTS) is 1. The first-order valence-corrected chi connectivity index (χ1v) is 7.71. The Balaban J connectivity index is 2.56. The van der Waals surface area contributed by atoms with E-state index in [1.165, 1.54) is 26.0 Å². The molecule has 0 spiro atoms. The Bertz CT molecular complexity index is 810. The van der Waals surface area contributed by atoms with Crippen LogP contribution < -0.4 is 4.72 Å². The second-order valence-electron chi connectivity index (χ2n) is 4.31. The molecule has 112 valence electrons. The third-order valence-electron chi connectivity index (χ3n) is 2.81. The van der Waals surface area contributed by atoms with Crippen molar-refractivity contribution >= 4 is 33.3 Å². The second kappa shape index (κ2) is 5.42. The highest BCUT2D eigenvalue weighted by Gasteiger charge is 2.31. The van der Waals surface area contributed by atoms with Crippen LogP contribution >= 0.6 is 11.6 Å². The van der Waals surface area contributed by atoms with Crippen molar-refractivity contribution < 1.29 is 22.7 Å². The van der Waals surface area contributed by atoms with Crippen molar-refractivity contribution in [1.82, 2.24) is 0 Å². The number of aromatic carboxylic acids is 1. The molecule has 0 aliphatic rings. The third kappa shape index (κ3) is 2.88. The van der Waals surface area contributed by atoms with Crippen molar-refractivity contribution in [2.45, 2.75) is 18.7 Å². The molecular weight excluding hydrogens is 318 g/mol. The highest BCUT2D eigenvalue weighted by Crippen LogP contribution is 2.30. The van der Waals surface area contributed by atoms with Crippen LogP contribution in [0.1, 0.15) is 21.9 Å². The summed E-state index contributed by atoms with van der Waals surface area (Å²) in [5.74, 6) is -1.34. The largest absolute Gasteiger partial charge is 0.478 e. The van der Waals surface area contributed by atoms with Crippen LogP contribution in [0.3, 0.4) is 0 Å². The van der Waals surface area contributed by atoms with Gasteiger partial charge in [-0.25, -0.2) is 13.2 Å². The maximum absolute atomic E-state index is 12.4. The van der Waals surface area contributed by atoms with E-state index < -0.39 is 20.9 Å². The molecular formula is C13H12ClNO5S. The quantitative estimate of drug-likeness (QED) is 0.898. The van der Waals surface area contributed by atoms with E-state index in [9.17, 15) is 13.2 Å². The molecule has 0 unspecified atom stereocenters. The van der Waals surface area contributed by atoms with Gasteiger partial charge in [0.2, 0.25) is 0 Å². The Hall–Kier alpha value is -1.99. The van der Waals surface area contributed by atoms with Gasteiger partial charge in [0.05, 0.1) is 10.7 Å². The molecule has 0 bridgehead atoms. The molecule has 1 aromatic carbocycles. The number of sulfonamides is 1. The first-order valence-electron chi connectivity index (χ1n) is 5.84. The van der Waals surface area contributed by atoms with Crippen molar-refractivity contribution in [2.24, 2.45) is 0 Å². The van der Waals surface area contributed by atoms with Gasteiger partial charge >= 0.3 is 5.97 Å². The summed E-state index contributed by atoms with van der Waals surface area (Å²) in [5, 5.41) is 9.37. The lowest BCUT2D eigenvalue weighted by atomic mass is 10.2. The lowest BCUT2D eigenvalue weighted by Crippen LogP contribution is -2.17. The van der Waals surface area contributed by atoms with Crippen LogP contribution in [0.15, 0.2) is 33.6 Å². The summed E-state index contributed by atoms with van der Waals surface area (Å²) in [6, 6.07) is 6.25. The minimum atomic E-state index is -4.13.